The summed E-state index contributed by atoms with van der Waals surface area (Å²) >= 11 is 12.6. The fourth-order valence-corrected chi connectivity index (χ4v) is 4.69. The van der Waals surface area contributed by atoms with Gasteiger partial charge in [0.25, 0.3) is 5.91 Å². The van der Waals surface area contributed by atoms with Crippen LogP contribution in [0.15, 0.2) is 78.9 Å². The van der Waals surface area contributed by atoms with Crippen molar-refractivity contribution in [3.63, 3.8) is 0 Å². The van der Waals surface area contributed by atoms with Crippen LogP contribution in [0, 0.1) is 5.92 Å². The number of fused-ring (bicyclic) bond motifs is 1. The number of para-hydroxylation sites is 2. The van der Waals surface area contributed by atoms with Crippen LogP contribution in [-0.4, -0.2) is 17.9 Å². The van der Waals surface area contributed by atoms with E-state index in [1.165, 1.54) is 0 Å². The summed E-state index contributed by atoms with van der Waals surface area (Å²) in [7, 11) is 0. The molecular formula is C23H16Cl2N2O3. The van der Waals surface area contributed by atoms with E-state index in [9.17, 15) is 9.59 Å². The van der Waals surface area contributed by atoms with Crippen molar-refractivity contribution in [1.29, 1.82) is 0 Å². The number of imide groups is 1. The maximum absolute atomic E-state index is 13.5. The van der Waals surface area contributed by atoms with Gasteiger partial charge in [-0.05, 0) is 29.8 Å². The normalized spacial score (nSPS) is 23.2. The van der Waals surface area contributed by atoms with Gasteiger partial charge < -0.3 is 0 Å². The third-order valence-corrected chi connectivity index (χ3v) is 6.04. The lowest BCUT2D eigenvalue weighted by atomic mass is 9.90. The Morgan fingerprint density at radius 2 is 1.33 bits per heavy atom. The van der Waals surface area contributed by atoms with Crippen LogP contribution in [0.1, 0.15) is 11.6 Å². The van der Waals surface area contributed by atoms with Crippen LogP contribution in [0.5, 0.6) is 0 Å². The van der Waals surface area contributed by atoms with Gasteiger partial charge >= 0.3 is 0 Å². The number of hydrogen-bond acceptors (Lipinski definition) is 4. The quantitative estimate of drug-likeness (QED) is 0.537. The summed E-state index contributed by atoms with van der Waals surface area (Å²) in [6.45, 7) is 0. The van der Waals surface area contributed by atoms with Gasteiger partial charge in [0, 0.05) is 0 Å². The van der Waals surface area contributed by atoms with Gasteiger partial charge in [-0.2, -0.15) is 0 Å². The molecule has 5 rings (SSSR count). The summed E-state index contributed by atoms with van der Waals surface area (Å²) in [6, 6.07) is 23.4. The minimum atomic E-state index is -0.963. The van der Waals surface area contributed by atoms with E-state index in [4.69, 9.17) is 28.0 Å². The molecule has 0 spiro atoms. The zero-order valence-corrected chi connectivity index (χ0v) is 17.1. The van der Waals surface area contributed by atoms with Crippen molar-refractivity contribution in [2.24, 2.45) is 5.92 Å². The highest BCUT2D eigenvalue weighted by molar-refractivity contribution is 6.42. The Balaban J connectivity index is 1.61. The van der Waals surface area contributed by atoms with Gasteiger partial charge in [-0.1, -0.05) is 77.8 Å². The number of rotatable bonds is 3. The highest BCUT2D eigenvalue weighted by atomic mass is 35.5. The molecule has 0 radical (unpaired) electrons. The van der Waals surface area contributed by atoms with Crippen LogP contribution in [0.2, 0.25) is 10.0 Å². The van der Waals surface area contributed by atoms with Crippen LogP contribution in [0.4, 0.5) is 11.4 Å². The Hall–Kier alpha value is -2.86. The van der Waals surface area contributed by atoms with Crippen molar-refractivity contribution in [2.75, 3.05) is 9.96 Å². The molecule has 2 aliphatic rings. The van der Waals surface area contributed by atoms with Crippen molar-refractivity contribution in [1.82, 2.24) is 0 Å². The molecule has 0 unspecified atom stereocenters. The van der Waals surface area contributed by atoms with Crippen molar-refractivity contribution in [3.8, 4) is 0 Å². The van der Waals surface area contributed by atoms with E-state index < -0.39 is 24.0 Å². The second-order valence-electron chi connectivity index (χ2n) is 7.15. The predicted octanol–water partition coefficient (Wildman–Crippen LogP) is 5.04. The lowest BCUT2D eigenvalue weighted by molar-refractivity contribution is -0.126. The molecule has 2 aliphatic heterocycles. The van der Waals surface area contributed by atoms with E-state index in [0.717, 1.165) is 16.2 Å². The minimum absolute atomic E-state index is 0.201. The van der Waals surface area contributed by atoms with Gasteiger partial charge in [-0.15, -0.1) is 0 Å². The number of amides is 2. The number of hydroxylamine groups is 1. The van der Waals surface area contributed by atoms with E-state index in [1.54, 1.807) is 23.3 Å². The van der Waals surface area contributed by atoms with Crippen molar-refractivity contribution >= 4 is 46.4 Å². The minimum Gasteiger partial charge on any atom is -0.273 e. The first-order chi connectivity index (χ1) is 14.6. The van der Waals surface area contributed by atoms with Crippen LogP contribution >= 0.6 is 23.2 Å². The molecule has 0 N–H and O–H groups in total. The van der Waals surface area contributed by atoms with E-state index in [-0.39, 0.29) is 21.6 Å². The maximum atomic E-state index is 13.5. The molecule has 3 aromatic carbocycles. The topological polar surface area (TPSA) is 49.9 Å². The van der Waals surface area contributed by atoms with Crippen LogP contribution < -0.4 is 9.96 Å². The van der Waals surface area contributed by atoms with Crippen LogP contribution in [0.3, 0.4) is 0 Å². The molecule has 7 heteroatoms. The van der Waals surface area contributed by atoms with Gasteiger partial charge in [0.1, 0.15) is 5.92 Å². The summed E-state index contributed by atoms with van der Waals surface area (Å²) in [5.74, 6) is -1.58. The Kier molecular flexibility index (Phi) is 4.74. The van der Waals surface area contributed by atoms with Gasteiger partial charge in [-0.25, -0.2) is 9.96 Å². The number of carbonyl (C=O) groups excluding carboxylic acids is 2. The standard InChI is InChI=1S/C23H16Cl2N2O3/c24-16-12-7-13-17(25)20(16)26-22(28)18-19(14-8-3-1-4-9-14)27(30-21(18)23(26)29)15-10-5-2-6-11-15/h1-13,18-19,21H/t18-,19-,21-/m1/s1. The maximum Gasteiger partial charge on any atom is 0.266 e. The molecule has 2 saturated heterocycles. The molecule has 0 saturated carbocycles. The van der Waals surface area contributed by atoms with Crippen molar-refractivity contribution in [3.05, 3.63) is 94.5 Å². The van der Waals surface area contributed by atoms with Gasteiger partial charge in [0.05, 0.1) is 27.5 Å². The van der Waals surface area contributed by atoms with Crippen molar-refractivity contribution < 1.29 is 14.4 Å². The van der Waals surface area contributed by atoms with E-state index >= 15 is 0 Å². The van der Waals surface area contributed by atoms with Crippen molar-refractivity contribution in [2.45, 2.75) is 12.1 Å². The number of carbonyl (C=O) groups is 2. The first kappa shape index (κ1) is 19.1. The molecular weight excluding hydrogens is 423 g/mol. The molecule has 0 aromatic heterocycles. The van der Waals surface area contributed by atoms with E-state index in [2.05, 4.69) is 0 Å². The molecule has 0 bridgehead atoms. The molecule has 150 valence electrons. The summed E-state index contributed by atoms with van der Waals surface area (Å²) in [5, 5.41) is 2.13. The number of nitrogens with zero attached hydrogens (tertiary/aromatic N) is 2. The summed E-state index contributed by atoms with van der Waals surface area (Å²) in [4.78, 5) is 34.0. The lowest BCUT2D eigenvalue weighted by Crippen LogP contribution is -2.37. The first-order valence-corrected chi connectivity index (χ1v) is 10.2. The van der Waals surface area contributed by atoms with E-state index in [1.807, 2.05) is 60.7 Å². The van der Waals surface area contributed by atoms with Crippen LogP contribution in [-0.2, 0) is 14.4 Å². The molecule has 2 fully saturated rings. The zero-order chi connectivity index (χ0) is 20.8. The molecule has 2 heterocycles. The molecule has 5 nitrogen and oxygen atoms in total. The highest BCUT2D eigenvalue weighted by Crippen LogP contribution is 2.49. The van der Waals surface area contributed by atoms with E-state index in [0.29, 0.717) is 0 Å². The SMILES string of the molecule is O=C1[C@@H]2[C@@H](c3ccccc3)N(c3ccccc3)O[C@H]2C(=O)N1c1c(Cl)cccc1Cl. The molecule has 3 atom stereocenters. The molecule has 2 amide bonds. The fourth-order valence-electron chi connectivity index (χ4n) is 4.13. The van der Waals surface area contributed by atoms with Gasteiger partial charge in [0.2, 0.25) is 5.91 Å². The predicted molar refractivity (Wildman–Crippen MR) is 115 cm³/mol. The molecule has 3 aromatic rings. The molecule has 30 heavy (non-hydrogen) atoms. The second kappa shape index (κ2) is 7.43. The number of halogens is 2. The third kappa shape index (κ3) is 2.89. The fraction of sp³-hybridized carbons (Fsp3) is 0.130. The number of anilines is 2. The molecule has 0 aliphatic carbocycles. The van der Waals surface area contributed by atoms with Gasteiger partial charge in [0.15, 0.2) is 6.10 Å². The summed E-state index contributed by atoms with van der Waals surface area (Å²) in [6.07, 6.45) is -0.963. The monoisotopic (exact) mass is 438 g/mol. The largest absolute Gasteiger partial charge is 0.273 e. The van der Waals surface area contributed by atoms with Gasteiger partial charge in [-0.3, -0.25) is 14.4 Å². The lowest BCUT2D eigenvalue weighted by Gasteiger charge is -2.29. The summed E-state index contributed by atoms with van der Waals surface area (Å²) in [5.41, 5.74) is 1.85. The smallest absolute Gasteiger partial charge is 0.266 e. The number of hydrogen-bond donors (Lipinski definition) is 0. The first-order valence-electron chi connectivity index (χ1n) is 9.46. The average molecular weight is 439 g/mol. The van der Waals surface area contributed by atoms with Crippen LogP contribution in [0.25, 0.3) is 0 Å². The summed E-state index contributed by atoms with van der Waals surface area (Å²) < 4.78 is 0. The Morgan fingerprint density at radius 1 is 0.733 bits per heavy atom. The Labute approximate surface area is 183 Å². The third-order valence-electron chi connectivity index (χ3n) is 5.43. The average Bonchev–Trinajstić information content (AvgIpc) is 3.27. The number of benzene rings is 3. The second-order valence-corrected chi connectivity index (χ2v) is 7.97. The Bertz CT molecular complexity index is 1100. The Morgan fingerprint density at radius 3 is 1.97 bits per heavy atom. The highest BCUT2D eigenvalue weighted by Gasteiger charge is 2.60. The zero-order valence-electron chi connectivity index (χ0n) is 15.6.